The number of benzene rings is 2. The van der Waals surface area contributed by atoms with Crippen molar-refractivity contribution in [1.82, 2.24) is 10.2 Å². The normalized spacial score (nSPS) is 12.2. The molecule has 0 saturated carbocycles. The van der Waals surface area contributed by atoms with Crippen LogP contribution in [0.1, 0.15) is 31.7 Å². The molecule has 2 amide bonds. The molecule has 0 radical (unpaired) electrons. The van der Waals surface area contributed by atoms with Crippen molar-refractivity contribution in [3.63, 3.8) is 0 Å². The number of hydrogen-bond donors (Lipinski definition) is 1. The lowest BCUT2D eigenvalue weighted by molar-refractivity contribution is -0.141. The van der Waals surface area contributed by atoms with Gasteiger partial charge in [0.05, 0.1) is 11.9 Å². The van der Waals surface area contributed by atoms with E-state index in [2.05, 4.69) is 5.32 Å². The zero-order valence-electron chi connectivity index (χ0n) is 19.2. The fourth-order valence-corrected chi connectivity index (χ4v) is 4.99. The van der Waals surface area contributed by atoms with Crippen molar-refractivity contribution in [3.05, 3.63) is 63.9 Å². The minimum absolute atomic E-state index is 0.0564. The summed E-state index contributed by atoms with van der Waals surface area (Å²) < 4.78 is 39.7. The Balaban J connectivity index is 2.23. The first-order chi connectivity index (χ1) is 16.0. The van der Waals surface area contributed by atoms with Crippen LogP contribution in [0.25, 0.3) is 0 Å². The molecule has 0 saturated heterocycles. The van der Waals surface area contributed by atoms with Gasteiger partial charge in [0.2, 0.25) is 21.8 Å². The number of para-hydroxylation sites is 1. The molecule has 0 aliphatic heterocycles. The van der Waals surface area contributed by atoms with Crippen molar-refractivity contribution in [2.75, 3.05) is 24.2 Å². The molecule has 11 heteroatoms. The number of nitrogens with one attached hydrogen (secondary N) is 1. The molecule has 0 aromatic heterocycles. The van der Waals surface area contributed by atoms with Gasteiger partial charge in [-0.15, -0.1) is 0 Å². The quantitative estimate of drug-likeness (QED) is 0.469. The lowest BCUT2D eigenvalue weighted by Gasteiger charge is -2.31. The minimum atomic E-state index is -3.78. The van der Waals surface area contributed by atoms with E-state index in [1.807, 2.05) is 0 Å². The molecule has 0 spiro atoms. The number of anilines is 1. The maximum Gasteiger partial charge on any atom is 0.242 e. The topological polar surface area (TPSA) is 86.8 Å². The summed E-state index contributed by atoms with van der Waals surface area (Å²) in [4.78, 5) is 27.1. The van der Waals surface area contributed by atoms with Gasteiger partial charge in [-0.3, -0.25) is 13.9 Å². The van der Waals surface area contributed by atoms with Crippen molar-refractivity contribution >= 4 is 50.7 Å². The number of amides is 2. The maximum atomic E-state index is 14.2. The predicted molar refractivity (Wildman–Crippen MR) is 133 cm³/mol. The summed E-state index contributed by atoms with van der Waals surface area (Å²) in [6.07, 6.45) is 1.41. The van der Waals surface area contributed by atoms with Crippen molar-refractivity contribution in [3.8, 4) is 0 Å². The molecule has 34 heavy (non-hydrogen) atoms. The third-order valence-electron chi connectivity index (χ3n) is 5.26. The Morgan fingerprint density at radius 3 is 2.38 bits per heavy atom. The van der Waals surface area contributed by atoms with E-state index in [-0.39, 0.29) is 43.4 Å². The van der Waals surface area contributed by atoms with E-state index in [0.29, 0.717) is 22.0 Å². The van der Waals surface area contributed by atoms with E-state index in [9.17, 15) is 22.4 Å². The number of carbonyl (C=O) groups is 2. The van der Waals surface area contributed by atoms with Crippen LogP contribution in [0.4, 0.5) is 10.1 Å². The predicted octanol–water partition coefficient (Wildman–Crippen LogP) is 4.23. The Kier molecular flexibility index (Phi) is 10.1. The second-order valence-corrected chi connectivity index (χ2v) is 10.4. The van der Waals surface area contributed by atoms with E-state index in [1.54, 1.807) is 25.1 Å². The molecule has 1 N–H and O–H groups in total. The van der Waals surface area contributed by atoms with Crippen LogP contribution in [0.5, 0.6) is 0 Å². The molecule has 0 bridgehead atoms. The molecular weight excluding hydrogens is 504 g/mol. The molecule has 0 fully saturated rings. The first-order valence-corrected chi connectivity index (χ1v) is 13.3. The van der Waals surface area contributed by atoms with Gasteiger partial charge in [0.25, 0.3) is 0 Å². The first-order valence-electron chi connectivity index (χ1n) is 10.7. The number of rotatable bonds is 11. The number of likely N-dealkylation sites (N-methyl/N-ethyl adjacent to an activating group) is 1. The number of hydrogen-bond acceptors (Lipinski definition) is 4. The molecule has 7 nitrogen and oxygen atoms in total. The van der Waals surface area contributed by atoms with Crippen LogP contribution >= 0.6 is 23.2 Å². The summed E-state index contributed by atoms with van der Waals surface area (Å²) in [5.41, 5.74) is 0.532. The van der Waals surface area contributed by atoms with Crippen molar-refractivity contribution < 1.29 is 22.4 Å². The summed E-state index contributed by atoms with van der Waals surface area (Å²) in [5.74, 6) is -1.36. The van der Waals surface area contributed by atoms with Crippen LogP contribution in [0.2, 0.25) is 10.0 Å². The summed E-state index contributed by atoms with van der Waals surface area (Å²) in [7, 11) is -2.29. The number of sulfonamides is 1. The van der Waals surface area contributed by atoms with Gasteiger partial charge in [0, 0.05) is 36.6 Å². The third-order valence-corrected chi connectivity index (χ3v) is 7.03. The fourth-order valence-electron chi connectivity index (χ4n) is 3.56. The van der Waals surface area contributed by atoms with E-state index < -0.39 is 21.9 Å². The molecule has 186 valence electrons. The van der Waals surface area contributed by atoms with E-state index >= 15 is 0 Å². The Morgan fingerprint density at radius 2 is 1.82 bits per heavy atom. The average molecular weight is 532 g/mol. The van der Waals surface area contributed by atoms with E-state index in [1.165, 1.54) is 36.2 Å². The minimum Gasteiger partial charge on any atom is -0.357 e. The number of halogens is 3. The van der Waals surface area contributed by atoms with Gasteiger partial charge in [-0.2, -0.15) is 0 Å². The zero-order chi connectivity index (χ0) is 25.5. The number of nitrogens with zero attached hydrogens (tertiary/aromatic N) is 2. The summed E-state index contributed by atoms with van der Waals surface area (Å²) in [5, 5.41) is 3.37. The molecule has 1 unspecified atom stereocenters. The van der Waals surface area contributed by atoms with Gasteiger partial charge < -0.3 is 10.2 Å². The third kappa shape index (κ3) is 7.32. The van der Waals surface area contributed by atoms with Crippen molar-refractivity contribution in [1.29, 1.82) is 0 Å². The van der Waals surface area contributed by atoms with Crippen LogP contribution in [-0.2, 0) is 26.2 Å². The zero-order valence-corrected chi connectivity index (χ0v) is 21.6. The smallest absolute Gasteiger partial charge is 0.242 e. The van der Waals surface area contributed by atoms with Crippen molar-refractivity contribution in [2.24, 2.45) is 0 Å². The van der Waals surface area contributed by atoms with Gasteiger partial charge in [0.1, 0.15) is 11.9 Å². The van der Waals surface area contributed by atoms with Crippen LogP contribution in [0, 0.1) is 5.82 Å². The molecule has 0 aliphatic carbocycles. The fraction of sp³-hybridized carbons (Fsp3) is 0.391. The van der Waals surface area contributed by atoms with Crippen molar-refractivity contribution in [2.45, 2.75) is 38.8 Å². The lowest BCUT2D eigenvalue weighted by atomic mass is 10.1. The molecule has 0 aliphatic rings. The molecule has 2 aromatic rings. The highest BCUT2D eigenvalue weighted by molar-refractivity contribution is 7.92. The highest BCUT2D eigenvalue weighted by Gasteiger charge is 2.29. The van der Waals surface area contributed by atoms with Crippen LogP contribution in [0.3, 0.4) is 0 Å². The van der Waals surface area contributed by atoms with Gasteiger partial charge in [-0.1, -0.05) is 48.3 Å². The van der Waals surface area contributed by atoms with E-state index in [0.717, 1.165) is 10.6 Å². The molecule has 2 aromatic carbocycles. The molecular formula is C23H28Cl2FN3O4S. The standard InChI is InChI=1S/C23H28Cl2FN3O4S/c1-4-20(23(31)27-2)28(15-16-11-12-17(24)14-18(16)25)22(30)10-7-13-29(34(3,32)33)21-9-6-5-8-19(21)26/h5-6,8-9,11-12,14,20H,4,7,10,13,15H2,1-3H3,(H,27,31). The highest BCUT2D eigenvalue weighted by atomic mass is 35.5. The number of carbonyl (C=O) groups excluding carboxylic acids is 2. The van der Waals surface area contributed by atoms with Gasteiger partial charge in [0.15, 0.2) is 0 Å². The second kappa shape index (κ2) is 12.4. The largest absolute Gasteiger partial charge is 0.357 e. The van der Waals surface area contributed by atoms with Gasteiger partial charge >= 0.3 is 0 Å². The second-order valence-electron chi connectivity index (χ2n) is 7.69. The van der Waals surface area contributed by atoms with Gasteiger partial charge in [-0.25, -0.2) is 12.8 Å². The average Bonchev–Trinajstić information content (AvgIpc) is 2.77. The molecule has 2 rings (SSSR count). The summed E-state index contributed by atoms with van der Waals surface area (Å²) in [6.45, 7) is 1.76. The first kappa shape index (κ1) is 27.9. The highest BCUT2D eigenvalue weighted by Crippen LogP contribution is 2.25. The maximum absolute atomic E-state index is 14.2. The Morgan fingerprint density at radius 1 is 1.15 bits per heavy atom. The Bertz CT molecular complexity index is 1130. The Hall–Kier alpha value is -2.36. The van der Waals surface area contributed by atoms with Gasteiger partial charge in [-0.05, 0) is 42.7 Å². The van der Waals surface area contributed by atoms with E-state index in [4.69, 9.17) is 23.2 Å². The SMILES string of the molecule is CCC(C(=O)NC)N(Cc1ccc(Cl)cc1Cl)C(=O)CCCN(c1ccccc1F)S(C)(=O)=O. The lowest BCUT2D eigenvalue weighted by Crippen LogP contribution is -2.48. The molecule has 1 atom stereocenters. The monoisotopic (exact) mass is 531 g/mol. The Labute approximate surface area is 209 Å². The summed E-state index contributed by atoms with van der Waals surface area (Å²) >= 11 is 12.3. The van der Waals surface area contributed by atoms with Crippen LogP contribution in [0.15, 0.2) is 42.5 Å². The summed E-state index contributed by atoms with van der Waals surface area (Å²) in [6, 6.07) is 9.68. The van der Waals surface area contributed by atoms with Crippen LogP contribution < -0.4 is 9.62 Å². The molecule has 0 heterocycles. The van der Waals surface area contributed by atoms with Crippen LogP contribution in [-0.4, -0.2) is 51.0 Å².